The van der Waals surface area contributed by atoms with Crippen molar-refractivity contribution in [3.63, 3.8) is 0 Å². The monoisotopic (exact) mass is 217 g/mol. The number of hydrogen-bond acceptors (Lipinski definition) is 4. The quantitative estimate of drug-likeness (QED) is 0.854. The summed E-state index contributed by atoms with van der Waals surface area (Å²) < 4.78 is 5.03. The lowest BCUT2D eigenvalue weighted by molar-refractivity contribution is 0.568. The predicted molar refractivity (Wildman–Crippen MR) is 61.7 cm³/mol. The largest absolute Gasteiger partial charge is 0.472 e. The van der Waals surface area contributed by atoms with E-state index in [2.05, 4.69) is 16.9 Å². The minimum atomic E-state index is 0.442. The highest BCUT2D eigenvalue weighted by Gasteiger charge is 2.10. The maximum Gasteiger partial charge on any atom is 0.162 e. The van der Waals surface area contributed by atoms with E-state index in [9.17, 15) is 0 Å². The van der Waals surface area contributed by atoms with Gasteiger partial charge in [0.05, 0.1) is 17.5 Å². The molecule has 0 unspecified atom stereocenters. The van der Waals surface area contributed by atoms with Gasteiger partial charge in [-0.3, -0.25) is 0 Å². The molecule has 2 N–H and O–H groups in total. The predicted octanol–water partition coefficient (Wildman–Crippen LogP) is 2.07. The number of nitrogens with two attached hydrogens (primary N) is 1. The Hall–Kier alpha value is -1.68. The van der Waals surface area contributed by atoms with Gasteiger partial charge >= 0.3 is 0 Å². The van der Waals surface area contributed by atoms with E-state index in [-0.39, 0.29) is 0 Å². The van der Waals surface area contributed by atoms with Crippen molar-refractivity contribution >= 4 is 0 Å². The molecule has 0 bridgehead atoms. The van der Waals surface area contributed by atoms with E-state index in [0.717, 1.165) is 28.9 Å². The lowest BCUT2D eigenvalue weighted by Gasteiger charge is -2.09. The Kier molecular flexibility index (Phi) is 3.01. The SMILES string of the molecule is CCc1c(C)nc(-c2ccoc2)nc1CN. The van der Waals surface area contributed by atoms with Crippen LogP contribution in [-0.2, 0) is 13.0 Å². The lowest BCUT2D eigenvalue weighted by Crippen LogP contribution is -2.09. The number of hydrogen-bond donors (Lipinski definition) is 1. The fourth-order valence-electron chi connectivity index (χ4n) is 1.80. The summed E-state index contributed by atoms with van der Waals surface area (Å²) >= 11 is 0. The number of rotatable bonds is 3. The van der Waals surface area contributed by atoms with Crippen LogP contribution in [0.3, 0.4) is 0 Å². The average Bonchev–Trinajstić information content (AvgIpc) is 2.81. The Balaban J connectivity index is 2.54. The van der Waals surface area contributed by atoms with E-state index >= 15 is 0 Å². The van der Waals surface area contributed by atoms with Crippen LogP contribution in [0.1, 0.15) is 23.9 Å². The standard InChI is InChI=1S/C12H15N3O/c1-3-10-8(2)14-12(15-11(10)6-13)9-4-5-16-7-9/h4-5,7H,3,6,13H2,1-2H3. The molecule has 0 radical (unpaired) electrons. The third-order valence-corrected chi connectivity index (χ3v) is 2.63. The molecule has 0 aliphatic carbocycles. The van der Waals surface area contributed by atoms with E-state index in [4.69, 9.17) is 10.2 Å². The number of aromatic nitrogens is 2. The third kappa shape index (κ3) is 1.84. The van der Waals surface area contributed by atoms with Crippen molar-refractivity contribution in [2.24, 2.45) is 5.73 Å². The second-order valence-corrected chi connectivity index (χ2v) is 3.63. The second kappa shape index (κ2) is 4.45. The average molecular weight is 217 g/mol. The van der Waals surface area contributed by atoms with E-state index in [0.29, 0.717) is 12.4 Å². The van der Waals surface area contributed by atoms with E-state index in [1.54, 1.807) is 12.5 Å². The van der Waals surface area contributed by atoms with Crippen LogP contribution in [0.15, 0.2) is 23.0 Å². The summed E-state index contributed by atoms with van der Waals surface area (Å²) in [5, 5.41) is 0. The molecule has 0 atom stereocenters. The summed E-state index contributed by atoms with van der Waals surface area (Å²) in [6.45, 7) is 4.52. The van der Waals surface area contributed by atoms with Crippen LogP contribution < -0.4 is 5.73 Å². The highest BCUT2D eigenvalue weighted by molar-refractivity contribution is 5.53. The van der Waals surface area contributed by atoms with Crippen LogP contribution in [0.5, 0.6) is 0 Å². The van der Waals surface area contributed by atoms with Crippen molar-refractivity contribution in [2.75, 3.05) is 0 Å². The third-order valence-electron chi connectivity index (χ3n) is 2.63. The minimum absolute atomic E-state index is 0.442. The highest BCUT2D eigenvalue weighted by atomic mass is 16.3. The molecule has 2 heterocycles. The summed E-state index contributed by atoms with van der Waals surface area (Å²) in [5.74, 6) is 0.684. The topological polar surface area (TPSA) is 64.9 Å². The lowest BCUT2D eigenvalue weighted by atomic mass is 10.1. The van der Waals surface area contributed by atoms with Crippen LogP contribution in [0.2, 0.25) is 0 Å². The number of aryl methyl sites for hydroxylation is 1. The molecule has 0 saturated heterocycles. The second-order valence-electron chi connectivity index (χ2n) is 3.63. The normalized spacial score (nSPS) is 10.7. The molecule has 0 fully saturated rings. The molecule has 16 heavy (non-hydrogen) atoms. The Morgan fingerprint density at radius 1 is 1.38 bits per heavy atom. The first-order valence-corrected chi connectivity index (χ1v) is 5.35. The summed E-state index contributed by atoms with van der Waals surface area (Å²) in [7, 11) is 0. The van der Waals surface area contributed by atoms with Crippen molar-refractivity contribution < 1.29 is 4.42 Å². The fraction of sp³-hybridized carbons (Fsp3) is 0.333. The Labute approximate surface area is 94.5 Å². The van der Waals surface area contributed by atoms with Crippen LogP contribution in [0, 0.1) is 6.92 Å². The molecular weight excluding hydrogens is 202 g/mol. The van der Waals surface area contributed by atoms with Crippen molar-refractivity contribution in [1.82, 2.24) is 9.97 Å². The maximum atomic E-state index is 5.70. The van der Waals surface area contributed by atoms with Crippen molar-refractivity contribution in [3.05, 3.63) is 35.5 Å². The Morgan fingerprint density at radius 2 is 2.19 bits per heavy atom. The van der Waals surface area contributed by atoms with Gasteiger partial charge in [0.2, 0.25) is 0 Å². The van der Waals surface area contributed by atoms with Gasteiger partial charge in [0, 0.05) is 12.2 Å². The highest BCUT2D eigenvalue weighted by Crippen LogP contribution is 2.19. The zero-order valence-electron chi connectivity index (χ0n) is 9.53. The molecule has 0 aromatic carbocycles. The number of furan rings is 1. The first kappa shape index (κ1) is 10.8. The van der Waals surface area contributed by atoms with E-state index < -0.39 is 0 Å². The van der Waals surface area contributed by atoms with Gasteiger partial charge < -0.3 is 10.2 Å². The van der Waals surface area contributed by atoms with Gasteiger partial charge in [0.25, 0.3) is 0 Å². The van der Waals surface area contributed by atoms with Gasteiger partial charge in [0.1, 0.15) is 6.26 Å². The van der Waals surface area contributed by atoms with E-state index in [1.807, 2.05) is 13.0 Å². The Bertz CT molecular complexity index is 477. The maximum absolute atomic E-state index is 5.70. The van der Waals surface area contributed by atoms with Crippen molar-refractivity contribution in [3.8, 4) is 11.4 Å². The van der Waals surface area contributed by atoms with E-state index in [1.165, 1.54) is 0 Å². The molecule has 2 rings (SSSR count). The van der Waals surface area contributed by atoms with Crippen LogP contribution in [0.25, 0.3) is 11.4 Å². The van der Waals surface area contributed by atoms with Gasteiger partial charge in [-0.1, -0.05) is 6.92 Å². The first-order valence-electron chi connectivity index (χ1n) is 5.35. The molecule has 0 saturated carbocycles. The fourth-order valence-corrected chi connectivity index (χ4v) is 1.80. The molecular formula is C12H15N3O. The summed E-state index contributed by atoms with van der Waals surface area (Å²) in [6, 6.07) is 1.85. The van der Waals surface area contributed by atoms with Crippen molar-refractivity contribution in [1.29, 1.82) is 0 Å². The molecule has 2 aromatic rings. The summed E-state index contributed by atoms with van der Waals surface area (Å²) in [6.07, 6.45) is 4.16. The summed E-state index contributed by atoms with van der Waals surface area (Å²) in [5.41, 5.74) is 9.66. The van der Waals surface area contributed by atoms with Gasteiger partial charge in [-0.2, -0.15) is 0 Å². The zero-order chi connectivity index (χ0) is 11.5. The minimum Gasteiger partial charge on any atom is -0.472 e. The van der Waals surface area contributed by atoms with Gasteiger partial charge in [-0.25, -0.2) is 9.97 Å². The Morgan fingerprint density at radius 3 is 2.75 bits per heavy atom. The van der Waals surface area contributed by atoms with Crippen molar-refractivity contribution in [2.45, 2.75) is 26.8 Å². The van der Waals surface area contributed by atoms with Crippen LogP contribution in [-0.4, -0.2) is 9.97 Å². The molecule has 4 heteroatoms. The van der Waals surface area contributed by atoms with Crippen LogP contribution in [0.4, 0.5) is 0 Å². The molecule has 4 nitrogen and oxygen atoms in total. The molecule has 2 aromatic heterocycles. The van der Waals surface area contributed by atoms with Gasteiger partial charge in [0.15, 0.2) is 5.82 Å². The zero-order valence-corrected chi connectivity index (χ0v) is 9.53. The number of nitrogens with zero attached hydrogens (tertiary/aromatic N) is 2. The molecule has 84 valence electrons. The van der Waals surface area contributed by atoms with Gasteiger partial charge in [-0.05, 0) is 25.0 Å². The van der Waals surface area contributed by atoms with Gasteiger partial charge in [-0.15, -0.1) is 0 Å². The molecule has 0 spiro atoms. The van der Waals surface area contributed by atoms with Crippen LogP contribution >= 0.6 is 0 Å². The first-order chi connectivity index (χ1) is 7.76. The molecule has 0 amide bonds. The smallest absolute Gasteiger partial charge is 0.162 e. The molecule has 0 aliphatic rings. The summed E-state index contributed by atoms with van der Waals surface area (Å²) in [4.78, 5) is 8.94. The molecule has 0 aliphatic heterocycles.